The van der Waals surface area contributed by atoms with Crippen molar-refractivity contribution in [3.05, 3.63) is 132 Å². The third-order valence-electron chi connectivity index (χ3n) is 5.55. The maximum atomic E-state index is 13.8. The minimum atomic E-state index is -3.87. The Bertz CT molecular complexity index is 1510. The van der Waals surface area contributed by atoms with Crippen molar-refractivity contribution in [2.24, 2.45) is 0 Å². The number of nitrogens with zero attached hydrogens (tertiary/aromatic N) is 2. The van der Waals surface area contributed by atoms with Crippen LogP contribution >= 0.6 is 0 Å². The van der Waals surface area contributed by atoms with Gasteiger partial charge in [-0.3, -0.25) is 0 Å². The molecule has 5 aromatic rings. The van der Waals surface area contributed by atoms with Gasteiger partial charge in [-0.15, -0.1) is 0 Å². The first-order chi connectivity index (χ1) is 16.0. The molecule has 33 heavy (non-hydrogen) atoms. The van der Waals surface area contributed by atoms with Crippen molar-refractivity contribution in [3.8, 4) is 0 Å². The minimum absolute atomic E-state index is 0.229. The van der Waals surface area contributed by atoms with Crippen LogP contribution in [0.4, 0.5) is 0 Å². The van der Waals surface area contributed by atoms with E-state index in [1.54, 1.807) is 30.3 Å². The fourth-order valence-electron chi connectivity index (χ4n) is 3.88. The average Bonchev–Trinajstić information content (AvgIpc) is 3.23. The molecule has 0 aliphatic heterocycles. The first-order valence-corrected chi connectivity index (χ1v) is 12.1. The van der Waals surface area contributed by atoms with Crippen molar-refractivity contribution in [1.82, 2.24) is 8.96 Å². The highest BCUT2D eigenvalue weighted by Gasteiger charge is 2.24. The SMILES string of the molecule is Cc1ccc(S(=O)(=O)n2c(C=C(c3ccccc3)c3ccccc3)nc3ccccc32)cc1. The van der Waals surface area contributed by atoms with Crippen molar-refractivity contribution in [3.63, 3.8) is 0 Å². The van der Waals surface area contributed by atoms with Crippen LogP contribution in [0.3, 0.4) is 0 Å². The van der Waals surface area contributed by atoms with Gasteiger partial charge in [-0.2, -0.15) is 0 Å². The smallest absolute Gasteiger partial charge is 0.228 e. The van der Waals surface area contributed by atoms with Crippen LogP contribution in [0, 0.1) is 6.92 Å². The standard InChI is InChI=1S/C28H22N2O2S/c1-21-16-18-24(19-17-21)33(31,32)30-27-15-9-8-14-26(27)29-28(30)20-25(22-10-4-2-5-11-22)23-12-6-3-7-13-23/h2-20H,1H3. The maximum Gasteiger partial charge on any atom is 0.269 e. The number of aromatic nitrogens is 2. The first-order valence-electron chi connectivity index (χ1n) is 10.7. The van der Waals surface area contributed by atoms with E-state index in [0.29, 0.717) is 16.9 Å². The quantitative estimate of drug-likeness (QED) is 0.322. The first kappa shape index (κ1) is 20.9. The molecule has 0 radical (unpaired) electrons. The van der Waals surface area contributed by atoms with E-state index in [-0.39, 0.29) is 4.90 Å². The Morgan fingerprint density at radius 2 is 1.27 bits per heavy atom. The van der Waals surface area contributed by atoms with Gasteiger partial charge in [-0.1, -0.05) is 90.5 Å². The molecule has 0 atom stereocenters. The van der Waals surface area contributed by atoms with Crippen LogP contribution in [0.1, 0.15) is 22.5 Å². The Labute approximate surface area is 193 Å². The van der Waals surface area contributed by atoms with E-state index in [2.05, 4.69) is 0 Å². The summed E-state index contributed by atoms with van der Waals surface area (Å²) < 4.78 is 28.9. The fourth-order valence-corrected chi connectivity index (χ4v) is 5.32. The van der Waals surface area contributed by atoms with Crippen LogP contribution in [-0.4, -0.2) is 17.4 Å². The molecule has 1 heterocycles. The summed E-state index contributed by atoms with van der Waals surface area (Å²) in [4.78, 5) is 4.95. The zero-order chi connectivity index (χ0) is 22.8. The number of benzene rings is 4. The van der Waals surface area contributed by atoms with Crippen LogP contribution in [0.2, 0.25) is 0 Å². The molecule has 0 saturated carbocycles. The van der Waals surface area contributed by atoms with Gasteiger partial charge in [0, 0.05) is 0 Å². The molecule has 0 N–H and O–H groups in total. The average molecular weight is 451 g/mol. The number of hydrogen-bond donors (Lipinski definition) is 0. The van der Waals surface area contributed by atoms with Gasteiger partial charge in [-0.05, 0) is 54.0 Å². The molecule has 0 saturated heterocycles. The van der Waals surface area contributed by atoms with Gasteiger partial charge in [0.15, 0.2) is 0 Å². The second kappa shape index (κ2) is 8.52. The molecule has 0 amide bonds. The van der Waals surface area contributed by atoms with Crippen LogP contribution in [0.5, 0.6) is 0 Å². The van der Waals surface area contributed by atoms with Crippen LogP contribution in [0.25, 0.3) is 22.7 Å². The highest BCUT2D eigenvalue weighted by atomic mass is 32.2. The third kappa shape index (κ3) is 3.99. The molecule has 5 heteroatoms. The highest BCUT2D eigenvalue weighted by molar-refractivity contribution is 7.90. The highest BCUT2D eigenvalue weighted by Crippen LogP contribution is 2.29. The second-order valence-electron chi connectivity index (χ2n) is 7.83. The summed E-state index contributed by atoms with van der Waals surface area (Å²) in [5.74, 6) is 0.361. The number of rotatable bonds is 5. The van der Waals surface area contributed by atoms with Gasteiger partial charge >= 0.3 is 0 Å². The maximum absolute atomic E-state index is 13.8. The summed E-state index contributed by atoms with van der Waals surface area (Å²) in [6.45, 7) is 1.93. The predicted octanol–water partition coefficient (Wildman–Crippen LogP) is 6.17. The van der Waals surface area contributed by atoms with E-state index >= 15 is 0 Å². The normalized spacial score (nSPS) is 11.4. The molecule has 0 fully saturated rings. The van der Waals surface area contributed by atoms with Gasteiger partial charge in [0.05, 0.1) is 15.9 Å². The molecule has 162 valence electrons. The number of aryl methyl sites for hydroxylation is 1. The lowest BCUT2D eigenvalue weighted by atomic mass is 9.97. The molecule has 5 rings (SSSR count). The van der Waals surface area contributed by atoms with Crippen molar-refractivity contribution in [1.29, 1.82) is 0 Å². The molecular weight excluding hydrogens is 428 g/mol. The summed E-state index contributed by atoms with van der Waals surface area (Å²) in [5.41, 5.74) is 5.03. The molecule has 4 aromatic carbocycles. The predicted molar refractivity (Wildman–Crippen MR) is 133 cm³/mol. The van der Waals surface area contributed by atoms with Gasteiger partial charge < -0.3 is 0 Å². The van der Waals surface area contributed by atoms with E-state index in [0.717, 1.165) is 22.3 Å². The number of imidazole rings is 1. The molecule has 1 aromatic heterocycles. The van der Waals surface area contributed by atoms with Gasteiger partial charge in [0.2, 0.25) is 0 Å². The van der Waals surface area contributed by atoms with Crippen molar-refractivity contribution >= 4 is 32.7 Å². The summed E-state index contributed by atoms with van der Waals surface area (Å²) in [5, 5.41) is 0. The van der Waals surface area contributed by atoms with Crippen molar-refractivity contribution in [2.75, 3.05) is 0 Å². The van der Waals surface area contributed by atoms with E-state index in [4.69, 9.17) is 4.98 Å². The Morgan fingerprint density at radius 3 is 1.88 bits per heavy atom. The number of fused-ring (bicyclic) bond motifs is 1. The number of hydrogen-bond acceptors (Lipinski definition) is 3. The van der Waals surface area contributed by atoms with Crippen LogP contribution in [-0.2, 0) is 10.0 Å². The number of para-hydroxylation sites is 2. The summed E-state index contributed by atoms with van der Waals surface area (Å²) in [6, 6.07) is 34.1. The molecule has 4 nitrogen and oxygen atoms in total. The van der Waals surface area contributed by atoms with Gasteiger partial charge in [0.1, 0.15) is 5.82 Å². The topological polar surface area (TPSA) is 52.0 Å². The molecule has 0 spiro atoms. The fraction of sp³-hybridized carbons (Fsp3) is 0.0357. The largest absolute Gasteiger partial charge is 0.269 e. The van der Waals surface area contributed by atoms with Crippen molar-refractivity contribution in [2.45, 2.75) is 11.8 Å². The zero-order valence-electron chi connectivity index (χ0n) is 18.1. The lowest BCUT2D eigenvalue weighted by Gasteiger charge is -2.12. The lowest BCUT2D eigenvalue weighted by molar-refractivity contribution is 0.588. The minimum Gasteiger partial charge on any atom is -0.228 e. The molecule has 0 unspecified atom stereocenters. The van der Waals surface area contributed by atoms with E-state index < -0.39 is 10.0 Å². The Morgan fingerprint density at radius 1 is 0.727 bits per heavy atom. The Hall–Kier alpha value is -3.96. The van der Waals surface area contributed by atoms with Gasteiger partial charge in [-0.25, -0.2) is 17.4 Å². The summed E-state index contributed by atoms with van der Waals surface area (Å²) >= 11 is 0. The van der Waals surface area contributed by atoms with E-state index in [9.17, 15) is 8.42 Å². The van der Waals surface area contributed by atoms with Crippen LogP contribution in [0.15, 0.2) is 114 Å². The summed E-state index contributed by atoms with van der Waals surface area (Å²) in [7, 11) is -3.87. The van der Waals surface area contributed by atoms with Crippen LogP contribution < -0.4 is 0 Å². The van der Waals surface area contributed by atoms with Crippen molar-refractivity contribution < 1.29 is 8.42 Å². The zero-order valence-corrected chi connectivity index (χ0v) is 18.9. The van der Waals surface area contributed by atoms with Gasteiger partial charge in [0.25, 0.3) is 10.0 Å². The van der Waals surface area contributed by atoms with E-state index in [1.807, 2.05) is 91.9 Å². The monoisotopic (exact) mass is 450 g/mol. The lowest BCUT2D eigenvalue weighted by Crippen LogP contribution is -2.14. The molecule has 0 aliphatic rings. The Balaban J connectivity index is 1.79. The second-order valence-corrected chi connectivity index (χ2v) is 9.62. The molecule has 0 bridgehead atoms. The summed E-state index contributed by atoms with van der Waals surface area (Å²) in [6.07, 6.45) is 1.86. The molecule has 0 aliphatic carbocycles. The van der Waals surface area contributed by atoms with E-state index in [1.165, 1.54) is 3.97 Å². The Kier molecular flexibility index (Phi) is 5.40. The third-order valence-corrected chi connectivity index (χ3v) is 7.28. The molecular formula is C28H22N2O2S.